The quantitative estimate of drug-likeness (QED) is 0.657. The van der Waals surface area contributed by atoms with Gasteiger partial charge in [-0.1, -0.05) is 36.4 Å². The third kappa shape index (κ3) is 2.58. The van der Waals surface area contributed by atoms with Crippen LogP contribution in [0.2, 0.25) is 0 Å². The number of amides is 1. The van der Waals surface area contributed by atoms with E-state index >= 15 is 0 Å². The molecule has 128 valence electrons. The molecule has 0 fully saturated rings. The van der Waals surface area contributed by atoms with Gasteiger partial charge in [0.15, 0.2) is 5.78 Å². The van der Waals surface area contributed by atoms with Gasteiger partial charge in [-0.05, 0) is 35.9 Å². The van der Waals surface area contributed by atoms with Crippen LogP contribution in [-0.2, 0) is 11.2 Å². The summed E-state index contributed by atoms with van der Waals surface area (Å²) in [6.45, 7) is 0. The van der Waals surface area contributed by atoms with E-state index in [2.05, 4.69) is 0 Å². The van der Waals surface area contributed by atoms with Crippen LogP contribution in [0.25, 0.3) is 0 Å². The smallest absolute Gasteiger partial charge is 0.236 e. The van der Waals surface area contributed by atoms with Crippen molar-refractivity contribution in [2.24, 2.45) is 0 Å². The molecule has 1 amide bonds. The zero-order valence-corrected chi connectivity index (χ0v) is 13.6. The molecule has 0 radical (unpaired) electrons. The van der Waals surface area contributed by atoms with Gasteiger partial charge in [-0.3, -0.25) is 14.5 Å². The number of carbonyl (C=O) groups is 2. The summed E-state index contributed by atoms with van der Waals surface area (Å²) in [6, 6.07) is 17.0. The van der Waals surface area contributed by atoms with Gasteiger partial charge in [0.25, 0.3) is 0 Å². The van der Waals surface area contributed by atoms with Crippen LogP contribution in [0.3, 0.4) is 0 Å². The SMILES string of the molecule is O=C(c1ccccc1)c1ccc2c(c1)CC(=O)N2c1c(F)cccc1F. The molecule has 0 saturated carbocycles. The van der Waals surface area contributed by atoms with E-state index in [0.29, 0.717) is 22.4 Å². The first-order valence-corrected chi connectivity index (χ1v) is 8.06. The Bertz CT molecular complexity index is 1010. The van der Waals surface area contributed by atoms with Crippen molar-refractivity contribution in [3.8, 4) is 0 Å². The summed E-state index contributed by atoms with van der Waals surface area (Å²) in [7, 11) is 0. The van der Waals surface area contributed by atoms with Crippen LogP contribution < -0.4 is 4.90 Å². The summed E-state index contributed by atoms with van der Waals surface area (Å²) in [4.78, 5) is 26.0. The van der Waals surface area contributed by atoms with Crippen molar-refractivity contribution in [3.63, 3.8) is 0 Å². The molecule has 26 heavy (non-hydrogen) atoms. The Hall–Kier alpha value is -3.34. The molecule has 1 heterocycles. The van der Waals surface area contributed by atoms with Crippen molar-refractivity contribution < 1.29 is 18.4 Å². The minimum absolute atomic E-state index is 0.0149. The lowest BCUT2D eigenvalue weighted by atomic mass is 10.0. The number of halogens is 2. The highest BCUT2D eigenvalue weighted by Crippen LogP contribution is 2.38. The number of hydrogen-bond acceptors (Lipinski definition) is 2. The van der Waals surface area contributed by atoms with E-state index in [-0.39, 0.29) is 12.2 Å². The number of anilines is 2. The van der Waals surface area contributed by atoms with E-state index in [0.717, 1.165) is 17.0 Å². The number of para-hydroxylation sites is 1. The third-order valence-corrected chi connectivity index (χ3v) is 4.37. The lowest BCUT2D eigenvalue weighted by Gasteiger charge is -2.19. The van der Waals surface area contributed by atoms with Crippen LogP contribution >= 0.6 is 0 Å². The molecule has 0 saturated heterocycles. The molecule has 3 aromatic carbocycles. The molecule has 3 aromatic rings. The summed E-state index contributed by atoms with van der Waals surface area (Å²) in [5, 5.41) is 0. The lowest BCUT2D eigenvalue weighted by Crippen LogP contribution is -2.23. The van der Waals surface area contributed by atoms with Gasteiger partial charge in [-0.15, -0.1) is 0 Å². The summed E-state index contributed by atoms with van der Waals surface area (Å²) < 4.78 is 28.2. The molecule has 0 atom stereocenters. The molecular formula is C21H13F2NO2. The average molecular weight is 349 g/mol. The number of fused-ring (bicyclic) bond motifs is 1. The number of hydrogen-bond donors (Lipinski definition) is 0. The monoisotopic (exact) mass is 349 g/mol. The van der Waals surface area contributed by atoms with Crippen molar-refractivity contribution in [1.82, 2.24) is 0 Å². The molecule has 0 unspecified atom stereocenters. The number of rotatable bonds is 3. The standard InChI is InChI=1S/C21H13F2NO2/c22-16-7-4-8-17(23)20(16)24-18-10-9-14(11-15(18)12-19(24)25)21(26)13-5-2-1-3-6-13/h1-11H,12H2. The molecule has 3 nitrogen and oxygen atoms in total. The maximum atomic E-state index is 14.1. The number of carbonyl (C=O) groups excluding carboxylic acids is 2. The molecule has 1 aliphatic rings. The Morgan fingerprint density at radius 1 is 0.846 bits per heavy atom. The molecule has 5 heteroatoms. The molecule has 0 bridgehead atoms. The van der Waals surface area contributed by atoms with Gasteiger partial charge in [0.1, 0.15) is 17.3 Å². The van der Waals surface area contributed by atoms with Crippen LogP contribution in [-0.4, -0.2) is 11.7 Å². The Kier molecular flexibility index (Phi) is 3.84. The second-order valence-electron chi connectivity index (χ2n) is 6.01. The zero-order chi connectivity index (χ0) is 18.3. The van der Waals surface area contributed by atoms with Crippen molar-refractivity contribution >= 4 is 23.1 Å². The molecule has 1 aliphatic heterocycles. The van der Waals surface area contributed by atoms with E-state index < -0.39 is 23.2 Å². The normalized spacial score (nSPS) is 13.0. The fourth-order valence-electron chi connectivity index (χ4n) is 3.17. The lowest BCUT2D eigenvalue weighted by molar-refractivity contribution is -0.116. The minimum atomic E-state index is -0.810. The summed E-state index contributed by atoms with van der Waals surface area (Å²) in [5.41, 5.74) is 1.54. The Labute approximate surface area is 148 Å². The van der Waals surface area contributed by atoms with Crippen molar-refractivity contribution in [1.29, 1.82) is 0 Å². The van der Waals surface area contributed by atoms with Gasteiger partial charge >= 0.3 is 0 Å². The maximum absolute atomic E-state index is 14.1. The highest BCUT2D eigenvalue weighted by molar-refractivity contribution is 6.12. The largest absolute Gasteiger partial charge is 0.289 e. The van der Waals surface area contributed by atoms with Crippen molar-refractivity contribution in [2.75, 3.05) is 4.90 Å². The minimum Gasteiger partial charge on any atom is -0.289 e. The Morgan fingerprint density at radius 3 is 2.23 bits per heavy atom. The van der Waals surface area contributed by atoms with E-state index in [1.165, 1.54) is 6.07 Å². The number of ketones is 1. The summed E-state index contributed by atoms with van der Waals surface area (Å²) in [6.07, 6.45) is -0.0149. The number of nitrogens with zero attached hydrogens (tertiary/aromatic N) is 1. The summed E-state index contributed by atoms with van der Waals surface area (Å²) in [5.74, 6) is -2.23. The highest BCUT2D eigenvalue weighted by atomic mass is 19.1. The van der Waals surface area contributed by atoms with Gasteiger partial charge in [0.05, 0.1) is 12.1 Å². The van der Waals surface area contributed by atoms with Crippen LogP contribution in [0.5, 0.6) is 0 Å². The topological polar surface area (TPSA) is 37.4 Å². The van der Waals surface area contributed by atoms with Crippen LogP contribution in [0.4, 0.5) is 20.2 Å². The zero-order valence-electron chi connectivity index (χ0n) is 13.6. The molecule has 4 rings (SSSR count). The van der Waals surface area contributed by atoms with Gasteiger partial charge in [0.2, 0.25) is 5.91 Å². The van der Waals surface area contributed by atoms with E-state index in [4.69, 9.17) is 0 Å². The maximum Gasteiger partial charge on any atom is 0.236 e. The molecule has 0 aliphatic carbocycles. The fourth-order valence-corrected chi connectivity index (χ4v) is 3.17. The predicted molar refractivity (Wildman–Crippen MR) is 93.5 cm³/mol. The van der Waals surface area contributed by atoms with E-state index in [9.17, 15) is 18.4 Å². The van der Waals surface area contributed by atoms with Gasteiger partial charge in [-0.25, -0.2) is 8.78 Å². The first kappa shape index (κ1) is 16.1. The van der Waals surface area contributed by atoms with Gasteiger partial charge < -0.3 is 0 Å². The fraction of sp³-hybridized carbons (Fsp3) is 0.0476. The molecule has 0 spiro atoms. The van der Waals surface area contributed by atoms with Crippen molar-refractivity contribution in [3.05, 3.63) is 95.1 Å². The van der Waals surface area contributed by atoms with Crippen molar-refractivity contribution in [2.45, 2.75) is 6.42 Å². The van der Waals surface area contributed by atoms with E-state index in [1.54, 1.807) is 42.5 Å². The number of benzene rings is 3. The third-order valence-electron chi connectivity index (χ3n) is 4.37. The van der Waals surface area contributed by atoms with Crippen LogP contribution in [0.15, 0.2) is 66.7 Å². The Morgan fingerprint density at radius 2 is 1.54 bits per heavy atom. The predicted octanol–water partition coefficient (Wildman–Crippen LogP) is 4.42. The summed E-state index contributed by atoms with van der Waals surface area (Å²) >= 11 is 0. The van der Waals surface area contributed by atoms with Gasteiger partial charge in [0, 0.05) is 11.1 Å². The van der Waals surface area contributed by atoms with E-state index in [1.807, 2.05) is 6.07 Å². The second kappa shape index (κ2) is 6.19. The van der Waals surface area contributed by atoms with Crippen LogP contribution in [0, 0.1) is 11.6 Å². The molecule has 0 aromatic heterocycles. The van der Waals surface area contributed by atoms with Gasteiger partial charge in [-0.2, -0.15) is 0 Å². The Balaban J connectivity index is 1.76. The first-order chi connectivity index (χ1) is 12.6. The molecule has 0 N–H and O–H groups in total. The average Bonchev–Trinajstić information content (AvgIpc) is 2.97. The first-order valence-electron chi connectivity index (χ1n) is 8.06. The molecular weight excluding hydrogens is 336 g/mol. The highest BCUT2D eigenvalue weighted by Gasteiger charge is 2.32. The second-order valence-corrected chi connectivity index (χ2v) is 6.01. The van der Waals surface area contributed by atoms with Crippen LogP contribution in [0.1, 0.15) is 21.5 Å².